The SMILES string of the molecule is NC(=S)C1(NC(=O)c2cccc(Br)c2)CCCCCCC1. The molecule has 3 N–H and O–H groups in total. The van der Waals surface area contributed by atoms with Crippen molar-refractivity contribution in [2.45, 2.75) is 50.5 Å². The second kappa shape index (κ2) is 7.36. The Labute approximate surface area is 139 Å². The first-order chi connectivity index (χ1) is 10.0. The summed E-state index contributed by atoms with van der Waals surface area (Å²) >= 11 is 8.67. The van der Waals surface area contributed by atoms with Crippen LogP contribution in [0.1, 0.15) is 55.3 Å². The predicted molar refractivity (Wildman–Crippen MR) is 93.4 cm³/mol. The number of carbonyl (C=O) groups excluding carboxylic acids is 1. The Morgan fingerprint density at radius 1 is 1.19 bits per heavy atom. The van der Waals surface area contributed by atoms with Crippen LogP contribution in [0.4, 0.5) is 0 Å². The highest BCUT2D eigenvalue weighted by Crippen LogP contribution is 2.27. The van der Waals surface area contributed by atoms with Gasteiger partial charge in [-0.15, -0.1) is 0 Å². The maximum Gasteiger partial charge on any atom is 0.252 e. The van der Waals surface area contributed by atoms with Crippen molar-refractivity contribution in [2.75, 3.05) is 0 Å². The lowest BCUT2D eigenvalue weighted by molar-refractivity contribution is 0.0913. The van der Waals surface area contributed by atoms with E-state index >= 15 is 0 Å². The standard InChI is InChI=1S/C16H21BrN2OS/c17-13-8-6-7-12(11-13)14(20)19-16(15(18)21)9-4-2-1-3-5-10-16/h6-8,11H,1-5,9-10H2,(H2,18,21)(H,19,20). The fraction of sp³-hybridized carbons (Fsp3) is 0.500. The number of halogens is 1. The number of nitrogens with two attached hydrogens (primary N) is 1. The lowest BCUT2D eigenvalue weighted by Crippen LogP contribution is -2.57. The average molecular weight is 369 g/mol. The van der Waals surface area contributed by atoms with Gasteiger partial charge in [-0.3, -0.25) is 4.79 Å². The molecular weight excluding hydrogens is 348 g/mol. The number of carbonyl (C=O) groups is 1. The van der Waals surface area contributed by atoms with E-state index < -0.39 is 5.54 Å². The van der Waals surface area contributed by atoms with E-state index in [1.54, 1.807) is 6.07 Å². The molecule has 0 radical (unpaired) electrons. The molecule has 0 aromatic heterocycles. The third-order valence-corrected chi connectivity index (χ3v) is 5.00. The van der Waals surface area contributed by atoms with Gasteiger partial charge < -0.3 is 11.1 Å². The van der Waals surface area contributed by atoms with E-state index in [1.165, 1.54) is 19.3 Å². The van der Waals surface area contributed by atoms with E-state index in [9.17, 15) is 4.79 Å². The summed E-state index contributed by atoms with van der Waals surface area (Å²) in [6, 6.07) is 7.36. The maximum absolute atomic E-state index is 12.5. The molecule has 0 heterocycles. The number of rotatable bonds is 3. The molecule has 114 valence electrons. The van der Waals surface area contributed by atoms with Crippen LogP contribution in [0.15, 0.2) is 28.7 Å². The van der Waals surface area contributed by atoms with Gasteiger partial charge in [-0.2, -0.15) is 0 Å². The largest absolute Gasteiger partial charge is 0.391 e. The topological polar surface area (TPSA) is 55.1 Å². The molecular formula is C16H21BrN2OS. The van der Waals surface area contributed by atoms with Crippen LogP contribution < -0.4 is 11.1 Å². The van der Waals surface area contributed by atoms with Crippen molar-refractivity contribution in [2.24, 2.45) is 5.73 Å². The molecule has 1 aliphatic rings. The molecule has 1 amide bonds. The Morgan fingerprint density at radius 3 is 2.38 bits per heavy atom. The van der Waals surface area contributed by atoms with Crippen LogP contribution in [-0.4, -0.2) is 16.4 Å². The molecule has 1 saturated carbocycles. The first kappa shape index (κ1) is 16.4. The van der Waals surface area contributed by atoms with Crippen LogP contribution in [0.5, 0.6) is 0 Å². The summed E-state index contributed by atoms with van der Waals surface area (Å²) in [5.41, 5.74) is 6.08. The normalized spacial score (nSPS) is 18.3. The molecule has 1 fully saturated rings. The molecule has 5 heteroatoms. The van der Waals surface area contributed by atoms with Crippen molar-refractivity contribution >= 4 is 39.0 Å². The summed E-state index contributed by atoms with van der Waals surface area (Å²) < 4.78 is 0.886. The quantitative estimate of drug-likeness (QED) is 0.794. The van der Waals surface area contributed by atoms with Crippen molar-refractivity contribution in [3.63, 3.8) is 0 Å². The molecule has 1 aliphatic carbocycles. The zero-order chi connectivity index (χ0) is 15.3. The lowest BCUT2D eigenvalue weighted by atomic mass is 9.83. The number of hydrogen-bond acceptors (Lipinski definition) is 2. The monoisotopic (exact) mass is 368 g/mol. The third kappa shape index (κ3) is 4.27. The number of amides is 1. The molecule has 0 aliphatic heterocycles. The molecule has 1 aromatic rings. The summed E-state index contributed by atoms with van der Waals surface area (Å²) in [5, 5.41) is 3.12. The van der Waals surface area contributed by atoms with E-state index in [1.807, 2.05) is 18.2 Å². The number of benzene rings is 1. The van der Waals surface area contributed by atoms with Crippen LogP contribution >= 0.6 is 28.1 Å². The Hall–Kier alpha value is -0.940. The molecule has 2 rings (SSSR count). The smallest absolute Gasteiger partial charge is 0.252 e. The van der Waals surface area contributed by atoms with Gasteiger partial charge in [-0.05, 0) is 31.0 Å². The fourth-order valence-electron chi connectivity index (χ4n) is 2.86. The fourth-order valence-corrected chi connectivity index (χ4v) is 3.52. The number of nitrogens with one attached hydrogen (secondary N) is 1. The van der Waals surface area contributed by atoms with Crippen LogP contribution in [0.3, 0.4) is 0 Å². The van der Waals surface area contributed by atoms with Crippen molar-refractivity contribution in [1.29, 1.82) is 0 Å². The summed E-state index contributed by atoms with van der Waals surface area (Å²) in [6.07, 6.45) is 7.39. The van der Waals surface area contributed by atoms with E-state index in [0.29, 0.717) is 10.6 Å². The van der Waals surface area contributed by atoms with Crippen LogP contribution in [0.25, 0.3) is 0 Å². The summed E-state index contributed by atoms with van der Waals surface area (Å²) in [4.78, 5) is 12.9. The van der Waals surface area contributed by atoms with Gasteiger partial charge in [0.05, 0.1) is 10.5 Å². The van der Waals surface area contributed by atoms with Gasteiger partial charge in [-0.25, -0.2) is 0 Å². The van der Waals surface area contributed by atoms with E-state index in [-0.39, 0.29) is 5.91 Å². The summed E-state index contributed by atoms with van der Waals surface area (Å²) in [5.74, 6) is -0.107. The molecule has 0 atom stereocenters. The van der Waals surface area contributed by atoms with Gasteiger partial charge in [0.25, 0.3) is 5.91 Å². The van der Waals surface area contributed by atoms with Gasteiger partial charge in [0.15, 0.2) is 0 Å². The molecule has 0 saturated heterocycles. The average Bonchev–Trinajstić information content (AvgIpc) is 2.41. The van der Waals surface area contributed by atoms with Gasteiger partial charge in [-0.1, -0.05) is 66.3 Å². The van der Waals surface area contributed by atoms with Crippen LogP contribution in [0.2, 0.25) is 0 Å². The Morgan fingerprint density at radius 2 is 1.81 bits per heavy atom. The minimum absolute atomic E-state index is 0.107. The first-order valence-corrected chi connectivity index (χ1v) is 8.62. The second-order valence-electron chi connectivity index (χ2n) is 5.68. The van der Waals surface area contributed by atoms with E-state index in [2.05, 4.69) is 21.2 Å². The number of thiocarbonyl (C=S) groups is 1. The Balaban J connectivity index is 2.18. The maximum atomic E-state index is 12.5. The van der Waals surface area contributed by atoms with Crippen LogP contribution in [-0.2, 0) is 0 Å². The minimum Gasteiger partial charge on any atom is -0.391 e. The summed E-state index contributed by atoms with van der Waals surface area (Å²) in [7, 11) is 0. The highest BCUT2D eigenvalue weighted by atomic mass is 79.9. The second-order valence-corrected chi connectivity index (χ2v) is 7.03. The van der Waals surface area contributed by atoms with Gasteiger partial charge in [0, 0.05) is 10.0 Å². The van der Waals surface area contributed by atoms with Crippen molar-refractivity contribution < 1.29 is 4.79 Å². The lowest BCUT2D eigenvalue weighted by Gasteiger charge is -2.35. The Bertz CT molecular complexity index is 525. The highest BCUT2D eigenvalue weighted by Gasteiger charge is 2.35. The predicted octanol–water partition coefficient (Wildman–Crippen LogP) is 3.95. The molecule has 0 spiro atoms. The zero-order valence-corrected chi connectivity index (χ0v) is 14.4. The van der Waals surface area contributed by atoms with Gasteiger partial charge >= 0.3 is 0 Å². The molecule has 0 unspecified atom stereocenters. The molecule has 3 nitrogen and oxygen atoms in total. The molecule has 21 heavy (non-hydrogen) atoms. The van der Waals surface area contributed by atoms with Gasteiger partial charge in [0.2, 0.25) is 0 Å². The minimum atomic E-state index is -0.533. The number of hydrogen-bond donors (Lipinski definition) is 2. The van der Waals surface area contributed by atoms with Gasteiger partial charge in [0.1, 0.15) is 0 Å². The molecule has 1 aromatic carbocycles. The van der Waals surface area contributed by atoms with E-state index in [4.69, 9.17) is 18.0 Å². The van der Waals surface area contributed by atoms with Crippen molar-refractivity contribution in [3.05, 3.63) is 34.3 Å². The van der Waals surface area contributed by atoms with Crippen molar-refractivity contribution in [1.82, 2.24) is 5.32 Å². The Kier molecular flexibility index (Phi) is 5.76. The van der Waals surface area contributed by atoms with Crippen LogP contribution in [0, 0.1) is 0 Å². The highest BCUT2D eigenvalue weighted by molar-refractivity contribution is 9.10. The van der Waals surface area contributed by atoms with E-state index in [0.717, 1.165) is 30.2 Å². The molecule has 0 bridgehead atoms. The van der Waals surface area contributed by atoms with Crippen molar-refractivity contribution in [3.8, 4) is 0 Å². The first-order valence-electron chi connectivity index (χ1n) is 7.41. The third-order valence-electron chi connectivity index (χ3n) is 4.12. The zero-order valence-electron chi connectivity index (χ0n) is 12.0. The summed E-state index contributed by atoms with van der Waals surface area (Å²) in [6.45, 7) is 0.